The van der Waals surface area contributed by atoms with Gasteiger partial charge in [0.25, 0.3) is 0 Å². The summed E-state index contributed by atoms with van der Waals surface area (Å²) in [6.07, 6.45) is 0. The standard InChI is InChI=1S/C18H22N2OS.ClH/c1-14(19-2)13-20-18(21)17(15-9-5-3-6-10-15)22-16-11-7-4-8-12-16;/h3-12,14,17,19H,13H2,1-2H3,(H,20,21);1H. The molecule has 0 aliphatic rings. The normalized spacial score (nSPS) is 12.8. The minimum atomic E-state index is -0.243. The topological polar surface area (TPSA) is 41.1 Å². The molecule has 0 spiro atoms. The van der Waals surface area contributed by atoms with Crippen LogP contribution in [0.2, 0.25) is 0 Å². The summed E-state index contributed by atoms with van der Waals surface area (Å²) in [6.45, 7) is 2.66. The van der Waals surface area contributed by atoms with Gasteiger partial charge < -0.3 is 10.6 Å². The zero-order valence-electron chi connectivity index (χ0n) is 13.4. The molecular formula is C18H23ClN2OS. The number of amides is 1. The molecule has 3 nitrogen and oxygen atoms in total. The van der Waals surface area contributed by atoms with Crippen LogP contribution >= 0.6 is 24.2 Å². The largest absolute Gasteiger partial charge is 0.353 e. The average Bonchev–Trinajstić information content (AvgIpc) is 2.59. The van der Waals surface area contributed by atoms with Crippen molar-refractivity contribution in [1.82, 2.24) is 10.6 Å². The van der Waals surface area contributed by atoms with Crippen molar-refractivity contribution in [2.24, 2.45) is 0 Å². The molecule has 0 bridgehead atoms. The molecule has 2 aromatic carbocycles. The third-order valence-corrected chi connectivity index (χ3v) is 4.68. The van der Waals surface area contributed by atoms with Gasteiger partial charge in [-0.15, -0.1) is 24.2 Å². The molecule has 2 N–H and O–H groups in total. The summed E-state index contributed by atoms with van der Waals surface area (Å²) < 4.78 is 0. The Kier molecular flexibility index (Phi) is 8.77. The van der Waals surface area contributed by atoms with Crippen LogP contribution in [-0.4, -0.2) is 25.5 Å². The van der Waals surface area contributed by atoms with E-state index in [2.05, 4.69) is 10.6 Å². The number of benzene rings is 2. The molecule has 0 fully saturated rings. The van der Waals surface area contributed by atoms with Crippen LogP contribution in [0.1, 0.15) is 17.7 Å². The lowest BCUT2D eigenvalue weighted by atomic mass is 10.1. The lowest BCUT2D eigenvalue weighted by molar-refractivity contribution is -0.120. The molecule has 5 heteroatoms. The van der Waals surface area contributed by atoms with Crippen molar-refractivity contribution >= 4 is 30.1 Å². The molecule has 0 aliphatic heterocycles. The molecule has 124 valence electrons. The van der Waals surface area contributed by atoms with Crippen molar-refractivity contribution in [1.29, 1.82) is 0 Å². The molecule has 23 heavy (non-hydrogen) atoms. The van der Waals surface area contributed by atoms with Crippen LogP contribution in [0.5, 0.6) is 0 Å². The number of carbonyl (C=O) groups is 1. The van der Waals surface area contributed by atoms with E-state index in [0.717, 1.165) is 10.5 Å². The molecule has 1 amide bonds. The average molecular weight is 351 g/mol. The van der Waals surface area contributed by atoms with Crippen LogP contribution in [0, 0.1) is 0 Å². The van der Waals surface area contributed by atoms with E-state index >= 15 is 0 Å². The quantitative estimate of drug-likeness (QED) is 0.749. The number of nitrogens with one attached hydrogen (secondary N) is 2. The molecule has 0 heterocycles. The fraction of sp³-hybridized carbons (Fsp3) is 0.278. The van der Waals surface area contributed by atoms with Crippen LogP contribution in [0.25, 0.3) is 0 Å². The number of hydrogen-bond acceptors (Lipinski definition) is 3. The van der Waals surface area contributed by atoms with Gasteiger partial charge in [0.05, 0.1) is 0 Å². The van der Waals surface area contributed by atoms with E-state index in [1.807, 2.05) is 74.6 Å². The number of thioether (sulfide) groups is 1. The molecular weight excluding hydrogens is 328 g/mol. The van der Waals surface area contributed by atoms with Crippen LogP contribution in [0.15, 0.2) is 65.6 Å². The Labute approximate surface area is 148 Å². The van der Waals surface area contributed by atoms with Crippen molar-refractivity contribution in [3.05, 3.63) is 66.2 Å². The van der Waals surface area contributed by atoms with E-state index in [4.69, 9.17) is 0 Å². The Bertz CT molecular complexity index is 580. The van der Waals surface area contributed by atoms with Crippen molar-refractivity contribution in [3.63, 3.8) is 0 Å². The maximum absolute atomic E-state index is 12.6. The zero-order chi connectivity index (χ0) is 15.8. The highest BCUT2D eigenvalue weighted by molar-refractivity contribution is 8.00. The highest BCUT2D eigenvalue weighted by Crippen LogP contribution is 2.35. The van der Waals surface area contributed by atoms with E-state index in [-0.39, 0.29) is 29.6 Å². The highest BCUT2D eigenvalue weighted by atomic mass is 35.5. The zero-order valence-corrected chi connectivity index (χ0v) is 15.0. The van der Waals surface area contributed by atoms with Crippen LogP contribution in [0.4, 0.5) is 0 Å². The summed E-state index contributed by atoms with van der Waals surface area (Å²) in [5.41, 5.74) is 1.02. The van der Waals surface area contributed by atoms with Gasteiger partial charge in [-0.2, -0.15) is 0 Å². The summed E-state index contributed by atoms with van der Waals surface area (Å²) in [6, 6.07) is 20.2. The highest BCUT2D eigenvalue weighted by Gasteiger charge is 2.21. The second kappa shape index (κ2) is 10.3. The van der Waals surface area contributed by atoms with Gasteiger partial charge in [0, 0.05) is 17.5 Å². The van der Waals surface area contributed by atoms with Crippen molar-refractivity contribution in [2.45, 2.75) is 23.1 Å². The Hall–Kier alpha value is -1.49. The van der Waals surface area contributed by atoms with Crippen molar-refractivity contribution < 1.29 is 4.79 Å². The van der Waals surface area contributed by atoms with Gasteiger partial charge in [-0.3, -0.25) is 4.79 Å². The SMILES string of the molecule is CNC(C)CNC(=O)C(Sc1ccccc1)c1ccccc1.Cl. The Morgan fingerprint density at radius 2 is 1.61 bits per heavy atom. The monoisotopic (exact) mass is 350 g/mol. The number of halogens is 1. The van der Waals surface area contributed by atoms with E-state index in [1.54, 1.807) is 11.8 Å². The fourth-order valence-electron chi connectivity index (χ4n) is 1.98. The van der Waals surface area contributed by atoms with Crippen LogP contribution < -0.4 is 10.6 Å². The lowest BCUT2D eigenvalue weighted by Crippen LogP contribution is -2.38. The molecule has 2 unspecified atom stereocenters. The first-order valence-electron chi connectivity index (χ1n) is 7.42. The molecule has 0 radical (unpaired) electrons. The van der Waals surface area contributed by atoms with Crippen molar-refractivity contribution in [2.75, 3.05) is 13.6 Å². The first kappa shape index (κ1) is 19.6. The van der Waals surface area contributed by atoms with Crippen LogP contribution in [0.3, 0.4) is 0 Å². The number of rotatable bonds is 7. The number of likely N-dealkylation sites (N-methyl/N-ethyl adjacent to an activating group) is 1. The summed E-state index contributed by atoms with van der Waals surface area (Å²) in [4.78, 5) is 13.7. The van der Waals surface area contributed by atoms with Gasteiger partial charge in [0.15, 0.2) is 0 Å². The number of hydrogen-bond donors (Lipinski definition) is 2. The summed E-state index contributed by atoms with van der Waals surface area (Å²) in [5, 5.41) is 5.91. The molecule has 0 aromatic heterocycles. The van der Waals surface area contributed by atoms with E-state index in [0.29, 0.717) is 6.54 Å². The minimum Gasteiger partial charge on any atom is -0.353 e. The van der Waals surface area contributed by atoms with Gasteiger partial charge in [0.1, 0.15) is 5.25 Å². The van der Waals surface area contributed by atoms with Gasteiger partial charge in [-0.1, -0.05) is 48.5 Å². The molecule has 2 rings (SSSR count). The first-order chi connectivity index (χ1) is 10.7. The summed E-state index contributed by atoms with van der Waals surface area (Å²) in [5.74, 6) is 0.0437. The second-order valence-corrected chi connectivity index (χ2v) is 6.34. The third kappa shape index (κ3) is 6.26. The predicted octanol–water partition coefficient (Wildman–Crippen LogP) is 3.67. The maximum Gasteiger partial charge on any atom is 0.238 e. The Morgan fingerprint density at radius 3 is 2.17 bits per heavy atom. The predicted molar refractivity (Wildman–Crippen MR) is 100 cm³/mol. The Morgan fingerprint density at radius 1 is 1.04 bits per heavy atom. The van der Waals surface area contributed by atoms with Gasteiger partial charge in [-0.25, -0.2) is 0 Å². The fourth-order valence-corrected chi connectivity index (χ4v) is 3.05. The van der Waals surface area contributed by atoms with Crippen LogP contribution in [-0.2, 0) is 4.79 Å². The van der Waals surface area contributed by atoms with Gasteiger partial charge in [0.2, 0.25) is 5.91 Å². The molecule has 2 atom stereocenters. The number of carbonyl (C=O) groups excluding carboxylic acids is 1. The van der Waals surface area contributed by atoms with E-state index in [1.165, 1.54) is 0 Å². The van der Waals surface area contributed by atoms with Gasteiger partial charge in [-0.05, 0) is 31.7 Å². The minimum absolute atomic E-state index is 0. The molecule has 0 aliphatic carbocycles. The van der Waals surface area contributed by atoms with E-state index < -0.39 is 0 Å². The molecule has 0 saturated heterocycles. The first-order valence-corrected chi connectivity index (χ1v) is 8.30. The van der Waals surface area contributed by atoms with E-state index in [9.17, 15) is 4.79 Å². The summed E-state index contributed by atoms with van der Waals surface area (Å²) in [7, 11) is 1.89. The lowest BCUT2D eigenvalue weighted by Gasteiger charge is -2.19. The smallest absolute Gasteiger partial charge is 0.238 e. The second-order valence-electron chi connectivity index (χ2n) is 5.16. The van der Waals surface area contributed by atoms with Crippen molar-refractivity contribution in [3.8, 4) is 0 Å². The molecule has 0 saturated carbocycles. The maximum atomic E-state index is 12.6. The molecule has 2 aromatic rings. The third-order valence-electron chi connectivity index (χ3n) is 3.41. The Balaban J connectivity index is 0.00000264. The van der Waals surface area contributed by atoms with Gasteiger partial charge >= 0.3 is 0 Å². The summed E-state index contributed by atoms with van der Waals surface area (Å²) >= 11 is 1.58.